The van der Waals surface area contributed by atoms with Crippen LogP contribution < -0.4 is 0 Å². The van der Waals surface area contributed by atoms with Crippen LogP contribution in [0.5, 0.6) is 0 Å². The zero-order valence-corrected chi connectivity index (χ0v) is 17.4. The minimum Gasteiger partial charge on any atom is -0.288 e. The SMILES string of the molecule is Cc1nc2c(-c3ccccc3)c(C)nn2c(-n2ccnc2C)c1Cc1ccccc1. The summed E-state index contributed by atoms with van der Waals surface area (Å²) in [6.45, 7) is 6.15. The molecule has 3 aromatic heterocycles. The molecule has 3 heterocycles. The van der Waals surface area contributed by atoms with E-state index >= 15 is 0 Å². The summed E-state index contributed by atoms with van der Waals surface area (Å²) in [7, 11) is 0. The number of aromatic nitrogens is 5. The highest BCUT2D eigenvalue weighted by Gasteiger charge is 2.22. The molecule has 0 radical (unpaired) electrons. The molecule has 0 aliphatic rings. The van der Waals surface area contributed by atoms with E-state index in [0.29, 0.717) is 0 Å². The largest absolute Gasteiger partial charge is 0.288 e. The van der Waals surface area contributed by atoms with Crippen molar-refractivity contribution in [3.8, 4) is 16.9 Å². The van der Waals surface area contributed by atoms with Crippen molar-refractivity contribution in [2.75, 3.05) is 0 Å². The van der Waals surface area contributed by atoms with Crippen LogP contribution in [0, 0.1) is 20.8 Å². The van der Waals surface area contributed by atoms with Crippen LogP contribution in [0.25, 0.3) is 22.6 Å². The molecule has 0 N–H and O–H groups in total. The van der Waals surface area contributed by atoms with E-state index in [1.165, 1.54) is 5.56 Å². The number of fused-ring (bicyclic) bond motifs is 1. The Morgan fingerprint density at radius 2 is 1.53 bits per heavy atom. The summed E-state index contributed by atoms with van der Waals surface area (Å²) >= 11 is 0. The first-order valence-electron chi connectivity index (χ1n) is 10.1. The second-order valence-electron chi connectivity index (χ2n) is 7.57. The van der Waals surface area contributed by atoms with Crippen molar-refractivity contribution in [1.82, 2.24) is 24.1 Å². The van der Waals surface area contributed by atoms with E-state index in [1.54, 1.807) is 0 Å². The molecule has 0 spiro atoms. The fraction of sp³-hybridized carbons (Fsp3) is 0.160. The zero-order valence-electron chi connectivity index (χ0n) is 17.4. The lowest BCUT2D eigenvalue weighted by molar-refractivity contribution is 0.798. The average molecular weight is 393 g/mol. The molecule has 148 valence electrons. The van der Waals surface area contributed by atoms with E-state index in [9.17, 15) is 0 Å². The molecule has 30 heavy (non-hydrogen) atoms. The number of nitrogens with zero attached hydrogens (tertiary/aromatic N) is 5. The quantitative estimate of drug-likeness (QED) is 0.427. The molecular formula is C25H23N5. The van der Waals surface area contributed by atoms with Gasteiger partial charge in [-0.2, -0.15) is 9.61 Å². The fourth-order valence-electron chi connectivity index (χ4n) is 4.08. The Morgan fingerprint density at radius 1 is 0.833 bits per heavy atom. The summed E-state index contributed by atoms with van der Waals surface area (Å²) in [4.78, 5) is 9.50. The van der Waals surface area contributed by atoms with Gasteiger partial charge in [0.25, 0.3) is 0 Å². The second kappa shape index (κ2) is 7.26. The first kappa shape index (κ1) is 18.3. The molecule has 0 aliphatic heterocycles. The van der Waals surface area contributed by atoms with Crippen molar-refractivity contribution in [1.29, 1.82) is 0 Å². The summed E-state index contributed by atoms with van der Waals surface area (Å²) < 4.78 is 4.10. The highest BCUT2D eigenvalue weighted by atomic mass is 15.3. The predicted octanol–water partition coefficient (Wildman–Crippen LogP) is 5.10. The van der Waals surface area contributed by atoms with E-state index in [-0.39, 0.29) is 0 Å². The van der Waals surface area contributed by atoms with Gasteiger partial charge in [-0.3, -0.25) is 4.57 Å². The summed E-state index contributed by atoms with van der Waals surface area (Å²) in [5.41, 5.74) is 7.43. The lowest BCUT2D eigenvalue weighted by Gasteiger charge is -2.16. The molecule has 5 aromatic rings. The molecule has 0 aliphatic carbocycles. The van der Waals surface area contributed by atoms with Gasteiger partial charge in [0.05, 0.1) is 5.69 Å². The zero-order chi connectivity index (χ0) is 20.7. The molecule has 0 saturated carbocycles. The van der Waals surface area contributed by atoms with Crippen LogP contribution in [0.2, 0.25) is 0 Å². The van der Waals surface area contributed by atoms with Crippen molar-refractivity contribution in [3.05, 3.63) is 101 Å². The molecule has 0 fully saturated rings. The van der Waals surface area contributed by atoms with E-state index < -0.39 is 0 Å². The van der Waals surface area contributed by atoms with Gasteiger partial charge in [-0.25, -0.2) is 9.97 Å². The monoisotopic (exact) mass is 393 g/mol. The van der Waals surface area contributed by atoms with Gasteiger partial charge in [0.2, 0.25) is 0 Å². The summed E-state index contributed by atoms with van der Waals surface area (Å²) in [6, 6.07) is 20.8. The van der Waals surface area contributed by atoms with Gasteiger partial charge in [-0.05, 0) is 31.9 Å². The van der Waals surface area contributed by atoms with Crippen molar-refractivity contribution in [2.24, 2.45) is 0 Å². The van der Waals surface area contributed by atoms with E-state index in [4.69, 9.17) is 10.1 Å². The van der Waals surface area contributed by atoms with Crippen molar-refractivity contribution < 1.29 is 0 Å². The van der Waals surface area contributed by atoms with Crippen LogP contribution in [0.4, 0.5) is 0 Å². The van der Waals surface area contributed by atoms with Crippen LogP contribution in [-0.4, -0.2) is 24.1 Å². The third kappa shape index (κ3) is 2.99. The number of aryl methyl sites for hydroxylation is 3. The summed E-state index contributed by atoms with van der Waals surface area (Å²) in [6.07, 6.45) is 4.61. The third-order valence-electron chi connectivity index (χ3n) is 5.56. The van der Waals surface area contributed by atoms with Crippen LogP contribution in [0.1, 0.15) is 28.3 Å². The lowest BCUT2D eigenvalue weighted by atomic mass is 10.0. The molecule has 0 atom stereocenters. The highest BCUT2D eigenvalue weighted by Crippen LogP contribution is 2.31. The second-order valence-corrected chi connectivity index (χ2v) is 7.57. The molecule has 0 bridgehead atoms. The predicted molar refractivity (Wildman–Crippen MR) is 119 cm³/mol. The van der Waals surface area contributed by atoms with E-state index in [1.807, 2.05) is 42.9 Å². The van der Waals surface area contributed by atoms with Gasteiger partial charge in [-0.15, -0.1) is 0 Å². The smallest absolute Gasteiger partial charge is 0.165 e. The Balaban J connectivity index is 1.83. The van der Waals surface area contributed by atoms with Crippen molar-refractivity contribution >= 4 is 5.65 Å². The number of benzene rings is 2. The molecule has 5 rings (SSSR count). The first-order chi connectivity index (χ1) is 14.6. The van der Waals surface area contributed by atoms with Crippen LogP contribution in [0.15, 0.2) is 73.1 Å². The number of hydrogen-bond acceptors (Lipinski definition) is 3. The highest BCUT2D eigenvalue weighted by molar-refractivity contribution is 5.80. The maximum absolute atomic E-state index is 5.04. The number of imidazole rings is 1. The molecule has 0 saturated heterocycles. The van der Waals surface area contributed by atoms with Crippen LogP contribution in [-0.2, 0) is 6.42 Å². The maximum Gasteiger partial charge on any atom is 0.165 e. The standard InChI is InChI=1S/C25H23N5/c1-17-22(16-20-10-6-4-7-11-20)25(29-15-14-26-19(29)3)30-24(27-17)23(18(2)28-30)21-12-8-5-9-13-21/h4-15H,16H2,1-3H3. The molecule has 5 heteroatoms. The summed E-state index contributed by atoms with van der Waals surface area (Å²) in [5, 5.41) is 4.94. The molecular weight excluding hydrogens is 370 g/mol. The normalized spacial score (nSPS) is 11.3. The van der Waals surface area contributed by atoms with Gasteiger partial charge in [0.1, 0.15) is 11.6 Å². The Labute approximate surface area is 175 Å². The minimum atomic E-state index is 0.780. The van der Waals surface area contributed by atoms with Gasteiger partial charge in [0, 0.05) is 35.6 Å². The Kier molecular flexibility index (Phi) is 4.43. The maximum atomic E-state index is 5.04. The van der Waals surface area contributed by atoms with Crippen LogP contribution >= 0.6 is 0 Å². The van der Waals surface area contributed by atoms with Crippen LogP contribution in [0.3, 0.4) is 0 Å². The average Bonchev–Trinajstić information content (AvgIpc) is 3.32. The Morgan fingerprint density at radius 3 is 2.20 bits per heavy atom. The van der Waals surface area contributed by atoms with Gasteiger partial charge < -0.3 is 0 Å². The van der Waals surface area contributed by atoms with E-state index in [2.05, 4.69) is 65.0 Å². The Hall–Kier alpha value is -3.73. The van der Waals surface area contributed by atoms with Gasteiger partial charge >= 0.3 is 0 Å². The molecule has 0 unspecified atom stereocenters. The Bertz CT molecular complexity index is 1330. The van der Waals surface area contributed by atoms with Gasteiger partial charge in [0.15, 0.2) is 5.65 Å². The topological polar surface area (TPSA) is 48.0 Å². The molecule has 5 nitrogen and oxygen atoms in total. The minimum absolute atomic E-state index is 0.780. The van der Waals surface area contributed by atoms with Crippen molar-refractivity contribution in [2.45, 2.75) is 27.2 Å². The summed E-state index contributed by atoms with van der Waals surface area (Å²) in [5.74, 6) is 1.92. The molecule has 0 amide bonds. The fourth-order valence-corrected chi connectivity index (χ4v) is 4.08. The molecule has 2 aromatic carbocycles. The van der Waals surface area contributed by atoms with Crippen molar-refractivity contribution in [3.63, 3.8) is 0 Å². The lowest BCUT2D eigenvalue weighted by Crippen LogP contribution is -2.13. The van der Waals surface area contributed by atoms with Gasteiger partial charge in [-0.1, -0.05) is 60.7 Å². The number of rotatable bonds is 4. The van der Waals surface area contributed by atoms with E-state index in [0.717, 1.165) is 51.8 Å². The third-order valence-corrected chi connectivity index (χ3v) is 5.56. The first-order valence-corrected chi connectivity index (χ1v) is 10.1. The number of hydrogen-bond donors (Lipinski definition) is 0.